The fourth-order valence-corrected chi connectivity index (χ4v) is 2.32. The lowest BCUT2D eigenvalue weighted by Gasteiger charge is -2.13. The molecule has 116 valence electrons. The molecule has 22 heavy (non-hydrogen) atoms. The summed E-state index contributed by atoms with van der Waals surface area (Å²) >= 11 is 5.17. The van der Waals surface area contributed by atoms with Gasteiger partial charge in [0, 0.05) is 11.4 Å². The second kappa shape index (κ2) is 6.36. The molecule has 2 rings (SSSR count). The van der Waals surface area contributed by atoms with Gasteiger partial charge in [0.2, 0.25) is 0 Å². The number of alkyl halides is 3. The predicted octanol–water partition coefficient (Wildman–Crippen LogP) is 5.13. The molecule has 2 nitrogen and oxygen atoms in total. The highest BCUT2D eigenvalue weighted by atomic mass is 32.1. The van der Waals surface area contributed by atoms with Gasteiger partial charge in [-0.1, -0.05) is 6.07 Å². The van der Waals surface area contributed by atoms with Crippen LogP contribution in [0.5, 0.6) is 0 Å². The fraction of sp³-hybridized carbons (Fsp3) is 0.188. The number of benzene rings is 2. The van der Waals surface area contributed by atoms with Crippen LogP contribution in [-0.2, 0) is 6.18 Å². The smallest absolute Gasteiger partial charge is 0.332 e. The van der Waals surface area contributed by atoms with Crippen molar-refractivity contribution in [1.82, 2.24) is 0 Å². The van der Waals surface area contributed by atoms with Crippen LogP contribution in [0.3, 0.4) is 0 Å². The molecule has 0 saturated heterocycles. The van der Waals surface area contributed by atoms with Gasteiger partial charge in [0.25, 0.3) is 0 Å². The summed E-state index contributed by atoms with van der Waals surface area (Å²) in [6.45, 7) is 3.95. The Morgan fingerprint density at radius 1 is 0.864 bits per heavy atom. The van der Waals surface area contributed by atoms with Crippen LogP contribution in [0.2, 0.25) is 0 Å². The zero-order valence-corrected chi connectivity index (χ0v) is 12.9. The summed E-state index contributed by atoms with van der Waals surface area (Å²) in [6.07, 6.45) is -4.34. The van der Waals surface area contributed by atoms with Gasteiger partial charge in [0.1, 0.15) is 0 Å². The van der Waals surface area contributed by atoms with Gasteiger partial charge in [0.05, 0.1) is 5.56 Å². The van der Waals surface area contributed by atoms with Crippen molar-refractivity contribution in [1.29, 1.82) is 0 Å². The average Bonchev–Trinajstić information content (AvgIpc) is 2.36. The molecular formula is C16H15F3N2S. The quantitative estimate of drug-likeness (QED) is 0.749. The van der Waals surface area contributed by atoms with Crippen molar-refractivity contribution in [3.05, 3.63) is 59.2 Å². The minimum atomic E-state index is -4.34. The van der Waals surface area contributed by atoms with Crippen molar-refractivity contribution in [3.63, 3.8) is 0 Å². The first kappa shape index (κ1) is 16.3. The van der Waals surface area contributed by atoms with E-state index in [0.29, 0.717) is 10.8 Å². The molecule has 0 radical (unpaired) electrons. The Morgan fingerprint density at radius 3 is 1.86 bits per heavy atom. The molecule has 0 aliphatic heterocycles. The Balaban J connectivity index is 2.03. The number of hydrogen-bond donors (Lipinski definition) is 2. The number of anilines is 2. The van der Waals surface area contributed by atoms with E-state index in [-0.39, 0.29) is 0 Å². The normalized spacial score (nSPS) is 11.1. The molecule has 0 atom stereocenters. The average molecular weight is 324 g/mol. The molecular weight excluding hydrogens is 309 g/mol. The maximum atomic E-state index is 12.5. The highest BCUT2D eigenvalue weighted by molar-refractivity contribution is 7.80. The Hall–Kier alpha value is -2.08. The number of thiocarbonyl (C=S) groups is 1. The predicted molar refractivity (Wildman–Crippen MR) is 87.2 cm³/mol. The van der Waals surface area contributed by atoms with E-state index >= 15 is 0 Å². The number of rotatable bonds is 2. The molecule has 0 fully saturated rings. The molecule has 0 aromatic heterocycles. The van der Waals surface area contributed by atoms with Gasteiger partial charge < -0.3 is 10.6 Å². The van der Waals surface area contributed by atoms with Crippen LogP contribution in [0.1, 0.15) is 16.7 Å². The van der Waals surface area contributed by atoms with Crippen LogP contribution in [0.25, 0.3) is 0 Å². The molecule has 0 spiro atoms. The van der Waals surface area contributed by atoms with E-state index in [2.05, 4.69) is 10.6 Å². The highest BCUT2D eigenvalue weighted by Gasteiger charge is 2.29. The Labute approximate surface area is 132 Å². The topological polar surface area (TPSA) is 24.1 Å². The molecule has 0 saturated carbocycles. The zero-order chi connectivity index (χ0) is 16.3. The molecule has 2 N–H and O–H groups in total. The first-order chi connectivity index (χ1) is 10.2. The molecule has 2 aromatic carbocycles. The second-order valence-corrected chi connectivity index (χ2v) is 5.44. The van der Waals surface area contributed by atoms with E-state index in [4.69, 9.17) is 12.2 Å². The molecule has 6 heteroatoms. The molecule has 0 amide bonds. The van der Waals surface area contributed by atoms with E-state index in [0.717, 1.165) is 28.9 Å². The van der Waals surface area contributed by atoms with Crippen LogP contribution in [0.4, 0.5) is 24.5 Å². The Morgan fingerprint density at radius 2 is 1.36 bits per heavy atom. The summed E-state index contributed by atoms with van der Waals surface area (Å²) < 4.78 is 37.5. The molecule has 0 bridgehead atoms. The number of aryl methyl sites for hydroxylation is 2. The summed E-state index contributed by atoms with van der Waals surface area (Å²) in [4.78, 5) is 0. The largest absolute Gasteiger partial charge is 0.416 e. The number of hydrogen-bond acceptors (Lipinski definition) is 1. The van der Waals surface area contributed by atoms with Crippen LogP contribution in [-0.4, -0.2) is 5.11 Å². The third kappa shape index (κ3) is 4.46. The van der Waals surface area contributed by atoms with Gasteiger partial charge in [0.15, 0.2) is 5.11 Å². The summed E-state index contributed by atoms with van der Waals surface area (Å²) in [5, 5.41) is 6.20. The molecule has 0 aliphatic rings. The van der Waals surface area contributed by atoms with E-state index in [9.17, 15) is 13.2 Å². The van der Waals surface area contributed by atoms with Gasteiger partial charge in [-0.25, -0.2) is 0 Å². The summed E-state index contributed by atoms with van der Waals surface area (Å²) in [5.74, 6) is 0. The maximum absolute atomic E-state index is 12.5. The van der Waals surface area contributed by atoms with Crippen molar-refractivity contribution < 1.29 is 13.2 Å². The Kier molecular flexibility index (Phi) is 4.71. The van der Waals surface area contributed by atoms with Crippen molar-refractivity contribution in [2.75, 3.05) is 10.6 Å². The molecule has 0 heterocycles. The summed E-state index contributed by atoms with van der Waals surface area (Å²) in [7, 11) is 0. The monoisotopic (exact) mass is 324 g/mol. The van der Waals surface area contributed by atoms with Crippen molar-refractivity contribution >= 4 is 28.7 Å². The lowest BCUT2D eigenvalue weighted by atomic mass is 10.1. The van der Waals surface area contributed by atoms with Gasteiger partial charge in [-0.3, -0.25) is 0 Å². The first-order valence-corrected chi connectivity index (χ1v) is 6.98. The van der Waals surface area contributed by atoms with E-state index in [1.54, 1.807) is 0 Å². The van der Waals surface area contributed by atoms with Crippen molar-refractivity contribution in [2.45, 2.75) is 20.0 Å². The summed E-state index contributed by atoms with van der Waals surface area (Å²) in [6, 6.07) is 10.6. The standard InChI is InChI=1S/C16H15F3N2S/c1-10-7-11(2)9-14(8-10)21-15(22)20-13-5-3-12(4-6-13)16(17,18)19/h3-9H,1-2H3,(H2,20,21,22). The zero-order valence-electron chi connectivity index (χ0n) is 12.1. The van der Waals surface area contributed by atoms with Crippen molar-refractivity contribution in [2.24, 2.45) is 0 Å². The van der Waals surface area contributed by atoms with Crippen LogP contribution in [0, 0.1) is 13.8 Å². The van der Waals surface area contributed by atoms with Crippen LogP contribution in [0.15, 0.2) is 42.5 Å². The summed E-state index contributed by atoms with van der Waals surface area (Å²) in [5.41, 5.74) is 2.84. The number of nitrogens with one attached hydrogen (secondary N) is 2. The van der Waals surface area contributed by atoms with Crippen molar-refractivity contribution in [3.8, 4) is 0 Å². The second-order valence-electron chi connectivity index (χ2n) is 5.03. The lowest BCUT2D eigenvalue weighted by molar-refractivity contribution is -0.137. The third-order valence-electron chi connectivity index (χ3n) is 2.95. The first-order valence-electron chi connectivity index (χ1n) is 6.57. The minimum Gasteiger partial charge on any atom is -0.332 e. The van der Waals surface area contributed by atoms with E-state index < -0.39 is 11.7 Å². The molecule has 0 aliphatic carbocycles. The third-order valence-corrected chi connectivity index (χ3v) is 3.15. The van der Waals surface area contributed by atoms with Crippen LogP contribution < -0.4 is 10.6 Å². The molecule has 0 unspecified atom stereocenters. The minimum absolute atomic E-state index is 0.324. The van der Waals surface area contributed by atoms with Crippen LogP contribution >= 0.6 is 12.2 Å². The SMILES string of the molecule is Cc1cc(C)cc(NC(=S)Nc2ccc(C(F)(F)F)cc2)c1. The fourth-order valence-electron chi connectivity index (χ4n) is 2.08. The van der Waals surface area contributed by atoms with E-state index in [1.807, 2.05) is 32.0 Å². The lowest BCUT2D eigenvalue weighted by Crippen LogP contribution is -2.19. The van der Waals surface area contributed by atoms with Gasteiger partial charge in [-0.05, 0) is 73.6 Å². The van der Waals surface area contributed by atoms with E-state index in [1.165, 1.54) is 12.1 Å². The number of halogens is 3. The molecule has 2 aromatic rings. The maximum Gasteiger partial charge on any atom is 0.416 e. The van der Waals surface area contributed by atoms with Gasteiger partial charge >= 0.3 is 6.18 Å². The van der Waals surface area contributed by atoms with Gasteiger partial charge in [-0.2, -0.15) is 13.2 Å². The highest BCUT2D eigenvalue weighted by Crippen LogP contribution is 2.29. The Bertz CT molecular complexity index is 659. The van der Waals surface area contributed by atoms with Gasteiger partial charge in [-0.15, -0.1) is 0 Å².